The highest BCUT2D eigenvalue weighted by molar-refractivity contribution is 7.86. The molecule has 0 heterocycles. The summed E-state index contributed by atoms with van der Waals surface area (Å²) in [5.74, 6) is -1.84. The van der Waals surface area contributed by atoms with Gasteiger partial charge in [0.2, 0.25) is 0 Å². The number of unbranched alkanes of at least 4 members (excludes halogenated alkanes) is 14. The lowest BCUT2D eigenvalue weighted by atomic mass is 10.0. The van der Waals surface area contributed by atoms with Crippen LogP contribution in [0.2, 0.25) is 6.04 Å². The van der Waals surface area contributed by atoms with Crippen LogP contribution in [0.4, 0.5) is 0 Å². The van der Waals surface area contributed by atoms with Gasteiger partial charge in [0.05, 0.1) is 120 Å². The quantitative estimate of drug-likeness (QED) is 0.0179. The Bertz CT molecular complexity index is 1490. The maximum absolute atomic E-state index is 11.5. The molecule has 71 heavy (non-hydrogen) atoms. The van der Waals surface area contributed by atoms with Crippen molar-refractivity contribution in [2.45, 2.75) is 165 Å². The van der Waals surface area contributed by atoms with Crippen molar-refractivity contribution in [3.05, 3.63) is 0 Å². The van der Waals surface area contributed by atoms with E-state index in [9.17, 15) is 69.6 Å². The van der Waals surface area contributed by atoms with Crippen LogP contribution in [0.3, 0.4) is 0 Å². The van der Waals surface area contributed by atoms with Crippen LogP contribution in [0.15, 0.2) is 0 Å². The number of hydrogen-bond donors (Lipinski definition) is 12. The second-order valence-electron chi connectivity index (χ2n) is 19.9. The zero-order valence-electron chi connectivity index (χ0n) is 43.4. The van der Waals surface area contributed by atoms with Gasteiger partial charge in [0.1, 0.15) is 0 Å². The van der Waals surface area contributed by atoms with Gasteiger partial charge in [-0.1, -0.05) is 90.9 Å². The Morgan fingerprint density at radius 1 is 0.408 bits per heavy atom. The normalized spacial score (nSPS) is 13.7. The van der Waals surface area contributed by atoms with Gasteiger partial charge in [-0.05, 0) is 64.6 Å². The van der Waals surface area contributed by atoms with E-state index < -0.39 is 132 Å². The lowest BCUT2D eigenvalue weighted by molar-refractivity contribution is -0.910. The summed E-state index contributed by atoms with van der Waals surface area (Å²) in [6.45, 7) is 0.430. The second-order valence-corrected chi connectivity index (χ2v) is 27.3. The summed E-state index contributed by atoms with van der Waals surface area (Å²) in [7, 11) is -15.2. The number of nitrogens with one attached hydrogen (secondary N) is 3. The number of aliphatic hydroxyl groups excluding tert-OH is 6. The summed E-state index contributed by atoms with van der Waals surface area (Å²) < 4.78 is 117. The maximum Gasteiger partial charge on any atom is 0.501 e. The van der Waals surface area contributed by atoms with Crippen molar-refractivity contribution >= 4 is 39.2 Å². The Morgan fingerprint density at radius 2 is 0.662 bits per heavy atom. The number of rotatable bonds is 52. The van der Waals surface area contributed by atoms with Crippen LogP contribution in [-0.2, 0) is 43.6 Å². The first-order valence-electron chi connectivity index (χ1n) is 25.9. The molecule has 26 heteroatoms. The van der Waals surface area contributed by atoms with Crippen molar-refractivity contribution in [2.24, 2.45) is 0 Å². The fourth-order valence-electron chi connectivity index (χ4n) is 8.09. The van der Waals surface area contributed by atoms with E-state index in [0.29, 0.717) is 17.4 Å². The van der Waals surface area contributed by atoms with Gasteiger partial charge in [-0.3, -0.25) is 13.7 Å². The van der Waals surface area contributed by atoms with E-state index in [1.54, 1.807) is 0 Å². The standard InChI is InChI=1S/C45H98N4O18S3Si/c1-4-6-8-10-12-14-16-18-27-49(3,28-19-17-15-13-11-9-7-5-2)29-23-33-71(65-40-43(34-50,35-51)46-24-20-30-68(56,57)58,66-41-44(36-52,37-53)47-25-21-31-69(59,60)61)67-42-45(38-54,39-55)48-26-22-32-70(62,63)64/h46-48,50-55H,4-42H2,1-3H3,(H2-,56,57,58,59,60,61,62,63,64)/p+1. The minimum atomic E-state index is -4.38. The van der Waals surface area contributed by atoms with E-state index in [-0.39, 0.29) is 44.9 Å². The Labute approximate surface area is 428 Å². The van der Waals surface area contributed by atoms with E-state index in [0.717, 1.165) is 51.6 Å². The third kappa shape index (κ3) is 34.7. The van der Waals surface area contributed by atoms with Crippen molar-refractivity contribution in [1.82, 2.24) is 16.0 Å². The van der Waals surface area contributed by atoms with Crippen molar-refractivity contribution < 1.29 is 87.3 Å². The van der Waals surface area contributed by atoms with Crippen molar-refractivity contribution in [1.29, 1.82) is 0 Å². The summed E-state index contributed by atoms with van der Waals surface area (Å²) in [5.41, 5.74) is -4.96. The molecule has 0 amide bonds. The topological polar surface area (TPSA) is 348 Å². The molecule has 428 valence electrons. The molecule has 22 nitrogen and oxygen atoms in total. The molecule has 0 radical (unpaired) electrons. The number of hydrogen-bond acceptors (Lipinski definition) is 18. The van der Waals surface area contributed by atoms with E-state index >= 15 is 0 Å². The molecule has 0 aliphatic heterocycles. The molecule has 0 aliphatic carbocycles. The molecule has 0 aromatic carbocycles. The van der Waals surface area contributed by atoms with E-state index in [2.05, 4.69) is 36.8 Å². The molecule has 0 aromatic rings. The molecule has 0 atom stereocenters. The van der Waals surface area contributed by atoms with Crippen LogP contribution in [0.1, 0.15) is 142 Å². The Balaban J connectivity index is 7.23. The van der Waals surface area contributed by atoms with Gasteiger partial charge in [-0.25, -0.2) is 0 Å². The SMILES string of the molecule is CCCCCCCCCC[N+](C)(CCCCCCCCCC)CCC[Si](OCC(CO)(CO)NCCCS(=O)(=O)O)(OCC(CO)(CO)NCCCS(=O)(=O)O)OCC(CO)(CO)NCCCS(=O)(=O)O. The predicted molar refractivity (Wildman–Crippen MR) is 277 cm³/mol. The van der Waals surface area contributed by atoms with Crippen LogP contribution in [-0.4, -0.2) is 222 Å². The van der Waals surface area contributed by atoms with Crippen molar-refractivity contribution in [2.75, 3.05) is 123 Å². The zero-order chi connectivity index (χ0) is 53.8. The summed E-state index contributed by atoms with van der Waals surface area (Å²) in [4.78, 5) is 0. The first-order chi connectivity index (χ1) is 33.4. The maximum atomic E-state index is 11.5. The third-order valence-electron chi connectivity index (χ3n) is 13.0. The van der Waals surface area contributed by atoms with E-state index in [4.69, 9.17) is 13.3 Å². The lowest BCUT2D eigenvalue weighted by Gasteiger charge is -2.41. The minimum Gasteiger partial charge on any atom is -0.394 e. The van der Waals surface area contributed by atoms with Gasteiger partial charge in [-0.15, -0.1) is 0 Å². The summed E-state index contributed by atoms with van der Waals surface area (Å²) >= 11 is 0. The zero-order valence-corrected chi connectivity index (χ0v) is 46.9. The van der Waals surface area contributed by atoms with E-state index in [1.807, 2.05) is 0 Å². The first-order valence-corrected chi connectivity index (χ1v) is 32.7. The molecule has 12 N–H and O–H groups in total. The molecular formula is C45H99N4O18S3Si+. The van der Waals surface area contributed by atoms with Gasteiger partial charge < -0.3 is 64.4 Å². The first kappa shape index (κ1) is 70.4. The van der Waals surface area contributed by atoms with Crippen molar-refractivity contribution in [3.63, 3.8) is 0 Å². The fraction of sp³-hybridized carbons (Fsp3) is 1.00. The Morgan fingerprint density at radius 3 is 0.915 bits per heavy atom. The second kappa shape index (κ2) is 38.1. The Kier molecular flexibility index (Phi) is 37.7. The van der Waals surface area contributed by atoms with Gasteiger partial charge in [0.15, 0.2) is 0 Å². The van der Waals surface area contributed by atoms with Gasteiger partial charge in [0, 0.05) is 12.5 Å². The smallest absolute Gasteiger partial charge is 0.394 e. The number of quaternary nitrogens is 1. The fourth-order valence-corrected chi connectivity index (χ4v) is 12.4. The highest BCUT2D eigenvalue weighted by atomic mass is 32.2. The third-order valence-corrected chi connectivity index (χ3v) is 18.2. The summed E-state index contributed by atoms with van der Waals surface area (Å²) in [6, 6.07) is 0.0385. The molecule has 0 rings (SSSR count). The molecule has 0 unspecified atom stereocenters. The molecular weight excluding hydrogens is 1010 g/mol. The predicted octanol–water partition coefficient (Wildman–Crippen LogP) is 1.87. The molecule has 0 aromatic heterocycles. The number of aliphatic hydroxyl groups is 6. The molecule has 0 aliphatic rings. The summed E-state index contributed by atoms with van der Waals surface area (Å²) in [5, 5.41) is 72.8. The minimum absolute atomic E-state index is 0.0385. The van der Waals surface area contributed by atoms with Gasteiger partial charge >= 0.3 is 8.80 Å². The lowest BCUT2D eigenvalue weighted by Crippen LogP contribution is -2.64. The average molecular weight is 1110 g/mol. The van der Waals surface area contributed by atoms with Gasteiger partial charge in [0.25, 0.3) is 30.4 Å². The Hall–Kier alpha value is -0.573. The van der Waals surface area contributed by atoms with Crippen LogP contribution in [0, 0.1) is 0 Å². The average Bonchev–Trinajstić information content (AvgIpc) is 3.32. The van der Waals surface area contributed by atoms with Crippen LogP contribution < -0.4 is 16.0 Å². The largest absolute Gasteiger partial charge is 0.501 e. The van der Waals surface area contributed by atoms with E-state index in [1.165, 1.54) is 64.2 Å². The molecule has 0 bridgehead atoms. The number of nitrogens with zero attached hydrogens (tertiary/aromatic N) is 1. The monoisotopic (exact) mass is 1110 g/mol. The molecule has 0 saturated heterocycles. The molecule has 0 fully saturated rings. The van der Waals surface area contributed by atoms with Crippen LogP contribution >= 0.6 is 0 Å². The molecule has 0 spiro atoms. The van der Waals surface area contributed by atoms with Crippen LogP contribution in [0.25, 0.3) is 0 Å². The highest BCUT2D eigenvalue weighted by Crippen LogP contribution is 2.26. The highest BCUT2D eigenvalue weighted by Gasteiger charge is 2.48. The van der Waals surface area contributed by atoms with Crippen molar-refractivity contribution in [3.8, 4) is 0 Å². The molecule has 0 saturated carbocycles. The van der Waals surface area contributed by atoms with Crippen LogP contribution in [0.5, 0.6) is 0 Å². The summed E-state index contributed by atoms with van der Waals surface area (Å²) in [6.07, 6.45) is 18.6. The van der Waals surface area contributed by atoms with Gasteiger partial charge in [-0.2, -0.15) is 25.3 Å².